The van der Waals surface area contributed by atoms with E-state index in [2.05, 4.69) is 21.2 Å². The Morgan fingerprint density at radius 1 is 1.08 bits per heavy atom. The van der Waals surface area contributed by atoms with Crippen molar-refractivity contribution < 1.29 is 13.2 Å². The van der Waals surface area contributed by atoms with Crippen molar-refractivity contribution >= 4 is 37.5 Å². The monoisotopic (exact) mass is 410 g/mol. The van der Waals surface area contributed by atoms with Crippen molar-refractivity contribution in [2.45, 2.75) is 18.2 Å². The molecule has 1 amide bonds. The number of anilines is 1. The molecule has 24 heavy (non-hydrogen) atoms. The van der Waals surface area contributed by atoms with Gasteiger partial charge in [0.25, 0.3) is 10.0 Å². The zero-order valence-corrected chi connectivity index (χ0v) is 15.7. The lowest BCUT2D eigenvalue weighted by Gasteiger charge is -2.24. The van der Waals surface area contributed by atoms with Gasteiger partial charge < -0.3 is 5.32 Å². The molecule has 0 atom stereocenters. The Balaban J connectivity index is 2.39. The van der Waals surface area contributed by atoms with Crippen LogP contribution < -0.4 is 9.62 Å². The maximum absolute atomic E-state index is 13.0. The number of rotatable bonds is 7. The Hall–Kier alpha value is -1.86. The van der Waals surface area contributed by atoms with Crippen LogP contribution in [0, 0.1) is 0 Å². The van der Waals surface area contributed by atoms with Gasteiger partial charge in [0.1, 0.15) is 6.54 Å². The number of halogens is 1. The molecule has 7 heteroatoms. The number of hydrogen-bond acceptors (Lipinski definition) is 3. The molecule has 128 valence electrons. The molecule has 0 saturated carbocycles. The Morgan fingerprint density at radius 2 is 1.71 bits per heavy atom. The van der Waals surface area contributed by atoms with Gasteiger partial charge in [0, 0.05) is 11.0 Å². The summed E-state index contributed by atoms with van der Waals surface area (Å²) in [6, 6.07) is 14.9. The van der Waals surface area contributed by atoms with Crippen molar-refractivity contribution in [2.75, 3.05) is 17.4 Å². The number of carbonyl (C=O) groups excluding carboxylic acids is 1. The molecule has 1 N–H and O–H groups in total. The second-order valence-electron chi connectivity index (χ2n) is 5.15. The van der Waals surface area contributed by atoms with Crippen molar-refractivity contribution in [3.63, 3.8) is 0 Å². The van der Waals surface area contributed by atoms with Gasteiger partial charge in [0.2, 0.25) is 5.91 Å². The van der Waals surface area contributed by atoms with Crippen LogP contribution in [0.25, 0.3) is 0 Å². The first kappa shape index (κ1) is 18.5. The summed E-state index contributed by atoms with van der Waals surface area (Å²) in [6.07, 6.45) is 0.787. The minimum absolute atomic E-state index is 0.149. The molecule has 0 heterocycles. The Morgan fingerprint density at radius 3 is 2.29 bits per heavy atom. The summed E-state index contributed by atoms with van der Waals surface area (Å²) < 4.78 is 27.9. The zero-order chi connectivity index (χ0) is 17.6. The molecular formula is C17H19BrN2O3S. The minimum atomic E-state index is -3.83. The highest BCUT2D eigenvalue weighted by Gasteiger charge is 2.26. The lowest BCUT2D eigenvalue weighted by atomic mass is 10.3. The molecule has 0 bridgehead atoms. The molecular weight excluding hydrogens is 392 g/mol. The summed E-state index contributed by atoms with van der Waals surface area (Å²) in [5, 5.41) is 2.71. The van der Waals surface area contributed by atoms with Gasteiger partial charge >= 0.3 is 0 Å². The van der Waals surface area contributed by atoms with Crippen molar-refractivity contribution in [3.05, 3.63) is 59.1 Å². The quantitative estimate of drug-likeness (QED) is 0.761. The molecule has 0 fully saturated rings. The summed E-state index contributed by atoms with van der Waals surface area (Å²) in [7, 11) is -3.83. The lowest BCUT2D eigenvalue weighted by molar-refractivity contribution is -0.119. The van der Waals surface area contributed by atoms with E-state index in [1.54, 1.807) is 42.5 Å². The molecule has 0 aliphatic rings. The molecule has 0 aromatic heterocycles. The average Bonchev–Trinajstić information content (AvgIpc) is 2.59. The fourth-order valence-electron chi connectivity index (χ4n) is 2.09. The summed E-state index contributed by atoms with van der Waals surface area (Å²) >= 11 is 3.33. The van der Waals surface area contributed by atoms with Crippen LogP contribution in [0.15, 0.2) is 64.0 Å². The molecule has 5 nitrogen and oxygen atoms in total. The zero-order valence-electron chi connectivity index (χ0n) is 13.3. The van der Waals surface area contributed by atoms with Crippen LogP contribution in [0.2, 0.25) is 0 Å². The average molecular weight is 411 g/mol. The van der Waals surface area contributed by atoms with E-state index in [1.165, 1.54) is 12.1 Å². The first-order valence-electron chi connectivity index (χ1n) is 7.55. The first-order chi connectivity index (χ1) is 11.4. The fraction of sp³-hybridized carbons (Fsp3) is 0.235. The van der Waals surface area contributed by atoms with Gasteiger partial charge in [-0.25, -0.2) is 8.42 Å². The molecule has 0 aliphatic carbocycles. The summed E-state index contributed by atoms with van der Waals surface area (Å²) in [4.78, 5) is 12.3. The van der Waals surface area contributed by atoms with E-state index < -0.39 is 10.0 Å². The standard InChI is InChI=1S/C17H19BrN2O3S/c1-2-12-19-17(21)13-20(15-10-8-14(18)9-11-15)24(22,23)16-6-4-3-5-7-16/h3-11H,2,12-13H2,1H3,(H,19,21). The third-order valence-corrected chi connectivity index (χ3v) is 5.62. The number of nitrogens with zero attached hydrogens (tertiary/aromatic N) is 1. The van der Waals surface area contributed by atoms with E-state index in [0.29, 0.717) is 12.2 Å². The second-order valence-corrected chi connectivity index (χ2v) is 7.93. The van der Waals surface area contributed by atoms with Crippen LogP contribution in [0.4, 0.5) is 5.69 Å². The molecule has 0 aliphatic heterocycles. The van der Waals surface area contributed by atoms with Crippen LogP contribution in [-0.4, -0.2) is 27.4 Å². The third-order valence-electron chi connectivity index (χ3n) is 3.31. The Kier molecular flexibility index (Phi) is 6.39. The molecule has 0 radical (unpaired) electrons. The summed E-state index contributed by atoms with van der Waals surface area (Å²) in [6.45, 7) is 2.19. The maximum atomic E-state index is 13.0. The van der Waals surface area contributed by atoms with Gasteiger partial charge in [-0.3, -0.25) is 9.10 Å². The predicted octanol–water partition coefficient (Wildman–Crippen LogP) is 3.17. The van der Waals surface area contributed by atoms with E-state index in [4.69, 9.17) is 0 Å². The molecule has 0 saturated heterocycles. The number of benzene rings is 2. The normalized spacial score (nSPS) is 11.1. The van der Waals surface area contributed by atoms with Crippen LogP contribution in [0.3, 0.4) is 0 Å². The van der Waals surface area contributed by atoms with E-state index in [-0.39, 0.29) is 17.3 Å². The van der Waals surface area contributed by atoms with E-state index >= 15 is 0 Å². The lowest BCUT2D eigenvalue weighted by Crippen LogP contribution is -2.41. The van der Waals surface area contributed by atoms with Gasteiger partial charge in [-0.05, 0) is 42.8 Å². The molecule has 0 spiro atoms. The number of carbonyl (C=O) groups is 1. The highest BCUT2D eigenvalue weighted by molar-refractivity contribution is 9.10. The SMILES string of the molecule is CCCNC(=O)CN(c1ccc(Br)cc1)S(=O)(=O)c1ccccc1. The van der Waals surface area contributed by atoms with Gasteiger partial charge in [-0.1, -0.05) is 41.1 Å². The minimum Gasteiger partial charge on any atom is -0.355 e. The van der Waals surface area contributed by atoms with E-state index in [0.717, 1.165) is 15.2 Å². The van der Waals surface area contributed by atoms with Gasteiger partial charge in [0.05, 0.1) is 10.6 Å². The number of hydrogen-bond donors (Lipinski definition) is 1. The van der Waals surface area contributed by atoms with E-state index in [1.807, 2.05) is 6.92 Å². The first-order valence-corrected chi connectivity index (χ1v) is 9.78. The van der Waals surface area contributed by atoms with Crippen LogP contribution >= 0.6 is 15.9 Å². The van der Waals surface area contributed by atoms with Gasteiger partial charge in [0.15, 0.2) is 0 Å². The van der Waals surface area contributed by atoms with Crippen molar-refractivity contribution in [2.24, 2.45) is 0 Å². The molecule has 2 aromatic carbocycles. The predicted molar refractivity (Wildman–Crippen MR) is 98.4 cm³/mol. The van der Waals surface area contributed by atoms with Crippen LogP contribution in [0.5, 0.6) is 0 Å². The van der Waals surface area contributed by atoms with Gasteiger partial charge in [-0.2, -0.15) is 0 Å². The van der Waals surface area contributed by atoms with Crippen molar-refractivity contribution in [1.29, 1.82) is 0 Å². The van der Waals surface area contributed by atoms with E-state index in [9.17, 15) is 13.2 Å². The third kappa shape index (κ3) is 4.58. The number of nitrogens with one attached hydrogen (secondary N) is 1. The topological polar surface area (TPSA) is 66.5 Å². The van der Waals surface area contributed by atoms with Gasteiger partial charge in [-0.15, -0.1) is 0 Å². The Labute approximate surface area is 150 Å². The van der Waals surface area contributed by atoms with Crippen LogP contribution in [-0.2, 0) is 14.8 Å². The number of amides is 1. The van der Waals surface area contributed by atoms with Crippen LogP contribution in [0.1, 0.15) is 13.3 Å². The smallest absolute Gasteiger partial charge is 0.264 e. The molecule has 0 unspecified atom stereocenters. The summed E-state index contributed by atoms with van der Waals surface area (Å²) in [5.74, 6) is -0.334. The summed E-state index contributed by atoms with van der Waals surface area (Å²) in [5.41, 5.74) is 0.439. The van der Waals surface area contributed by atoms with Crippen molar-refractivity contribution in [1.82, 2.24) is 5.32 Å². The fourth-order valence-corrected chi connectivity index (χ4v) is 3.80. The highest BCUT2D eigenvalue weighted by Crippen LogP contribution is 2.25. The Bertz CT molecular complexity index is 777. The van der Waals surface area contributed by atoms with Crippen molar-refractivity contribution in [3.8, 4) is 0 Å². The largest absolute Gasteiger partial charge is 0.355 e. The molecule has 2 rings (SSSR count). The maximum Gasteiger partial charge on any atom is 0.264 e. The highest BCUT2D eigenvalue weighted by atomic mass is 79.9. The molecule has 2 aromatic rings. The number of sulfonamides is 1. The second kappa shape index (κ2) is 8.30.